The zero-order valence-corrected chi connectivity index (χ0v) is 15.4. The summed E-state index contributed by atoms with van der Waals surface area (Å²) in [6, 6.07) is 9.68. The molecule has 0 spiro atoms. The van der Waals surface area contributed by atoms with Crippen molar-refractivity contribution in [2.24, 2.45) is 5.92 Å². The van der Waals surface area contributed by atoms with Crippen LogP contribution in [0.15, 0.2) is 42.5 Å². The molecule has 128 valence electrons. The Hall–Kier alpha value is -1.32. The number of hydrogen-bond acceptors (Lipinski definition) is 3. The molecule has 1 unspecified atom stereocenters. The molecule has 0 aromatic heterocycles. The average molecular weight is 309 g/mol. The van der Waals surface area contributed by atoms with Crippen LogP contribution >= 0.6 is 0 Å². The monoisotopic (exact) mass is 309 g/mol. The van der Waals surface area contributed by atoms with Crippen LogP contribution < -0.4 is 4.74 Å². The first-order chi connectivity index (χ1) is 10.4. The van der Waals surface area contributed by atoms with E-state index in [2.05, 4.69) is 11.8 Å². The molecule has 2 atom stereocenters. The number of rotatable bonds is 5. The largest absolute Gasteiger partial charge is 0.497 e. The third kappa shape index (κ3) is 15.1. The number of ether oxygens (including phenoxy) is 1. The van der Waals surface area contributed by atoms with Gasteiger partial charge >= 0.3 is 0 Å². The number of allylic oxidation sites excluding steroid dienone is 2. The van der Waals surface area contributed by atoms with E-state index in [1.807, 2.05) is 77.4 Å². The normalized spacial score (nSPS) is 12.8. The van der Waals surface area contributed by atoms with Crippen molar-refractivity contribution in [1.29, 1.82) is 0 Å². The first-order valence-electron chi connectivity index (χ1n) is 7.91. The van der Waals surface area contributed by atoms with Gasteiger partial charge in [0.05, 0.1) is 13.2 Å². The summed E-state index contributed by atoms with van der Waals surface area (Å²) in [6.45, 7) is 9.06. The van der Waals surface area contributed by atoms with Gasteiger partial charge in [-0.15, -0.1) is 0 Å². The van der Waals surface area contributed by atoms with Crippen LogP contribution in [0.3, 0.4) is 0 Å². The fourth-order valence-corrected chi connectivity index (χ4v) is 1.66. The first-order valence-corrected chi connectivity index (χ1v) is 7.91. The van der Waals surface area contributed by atoms with E-state index in [1.54, 1.807) is 7.11 Å². The maximum Gasteiger partial charge on any atom is 0.118 e. The zero-order chi connectivity index (χ0) is 17.4. The van der Waals surface area contributed by atoms with Crippen molar-refractivity contribution in [3.63, 3.8) is 0 Å². The maximum absolute atomic E-state index is 9.35. The summed E-state index contributed by atoms with van der Waals surface area (Å²) in [6.07, 6.45) is 4.72. The quantitative estimate of drug-likeness (QED) is 0.826. The Morgan fingerprint density at radius 3 is 1.91 bits per heavy atom. The van der Waals surface area contributed by atoms with Gasteiger partial charge in [-0.1, -0.05) is 44.2 Å². The average Bonchev–Trinajstić information content (AvgIpc) is 2.55. The fourth-order valence-electron chi connectivity index (χ4n) is 1.66. The summed E-state index contributed by atoms with van der Waals surface area (Å²) in [7, 11) is 5.72. The Kier molecular flexibility index (Phi) is 16.8. The minimum absolute atomic E-state index is 0.137. The van der Waals surface area contributed by atoms with Crippen LogP contribution in [0.1, 0.15) is 34.1 Å². The molecule has 0 fully saturated rings. The SMILES string of the molecule is C/C=C\C.CCC(O)[C@H](C)CN(C)C.COc1ccccc1. The summed E-state index contributed by atoms with van der Waals surface area (Å²) in [5, 5.41) is 9.35. The third-order valence-corrected chi connectivity index (χ3v) is 3.04. The highest BCUT2D eigenvalue weighted by atomic mass is 16.5. The number of nitrogens with zero attached hydrogens (tertiary/aromatic N) is 1. The van der Waals surface area contributed by atoms with E-state index in [9.17, 15) is 5.11 Å². The molecular weight excluding hydrogens is 274 g/mol. The van der Waals surface area contributed by atoms with Gasteiger partial charge in [-0.2, -0.15) is 0 Å². The number of methoxy groups -OCH3 is 1. The van der Waals surface area contributed by atoms with Crippen molar-refractivity contribution >= 4 is 0 Å². The lowest BCUT2D eigenvalue weighted by atomic mass is 10.0. The minimum Gasteiger partial charge on any atom is -0.497 e. The number of aliphatic hydroxyl groups excluding tert-OH is 1. The molecule has 0 saturated heterocycles. The highest BCUT2D eigenvalue weighted by Crippen LogP contribution is 2.06. The van der Waals surface area contributed by atoms with Crippen LogP contribution in [0.5, 0.6) is 5.75 Å². The molecule has 1 rings (SSSR count). The van der Waals surface area contributed by atoms with Crippen LogP contribution in [0.4, 0.5) is 0 Å². The molecule has 0 aliphatic heterocycles. The van der Waals surface area contributed by atoms with Crippen molar-refractivity contribution in [3.8, 4) is 5.75 Å². The van der Waals surface area contributed by atoms with Crippen molar-refractivity contribution in [2.75, 3.05) is 27.7 Å². The second-order valence-corrected chi connectivity index (χ2v) is 5.40. The standard InChI is InChI=1S/C8H19NO.C7H8O.C4H8/c1-5-8(10)7(2)6-9(3)4;1-8-7-5-3-2-4-6-7;1-3-4-2/h7-8,10H,5-6H2,1-4H3;2-6H,1H3;3-4H,1-2H3/b;;4-3-/t7-,8?;;/m1../s1. The van der Waals surface area contributed by atoms with Gasteiger partial charge in [0.15, 0.2) is 0 Å². The summed E-state index contributed by atoms with van der Waals surface area (Å²) in [5.74, 6) is 1.30. The van der Waals surface area contributed by atoms with E-state index in [1.165, 1.54) is 0 Å². The van der Waals surface area contributed by atoms with Gasteiger partial charge in [0.2, 0.25) is 0 Å². The third-order valence-electron chi connectivity index (χ3n) is 3.04. The highest BCUT2D eigenvalue weighted by molar-refractivity contribution is 5.20. The van der Waals surface area contributed by atoms with Gasteiger partial charge in [0.25, 0.3) is 0 Å². The van der Waals surface area contributed by atoms with Crippen molar-refractivity contribution < 1.29 is 9.84 Å². The van der Waals surface area contributed by atoms with Crippen molar-refractivity contribution in [1.82, 2.24) is 4.90 Å². The van der Waals surface area contributed by atoms with Gasteiger partial charge in [0.1, 0.15) is 5.75 Å². The van der Waals surface area contributed by atoms with E-state index in [0.29, 0.717) is 5.92 Å². The molecule has 0 saturated carbocycles. The number of benzene rings is 1. The Labute approximate surface area is 137 Å². The molecule has 0 amide bonds. The lowest BCUT2D eigenvalue weighted by Crippen LogP contribution is -2.28. The molecule has 0 heterocycles. The second-order valence-electron chi connectivity index (χ2n) is 5.40. The minimum atomic E-state index is -0.137. The molecule has 22 heavy (non-hydrogen) atoms. The molecule has 0 bridgehead atoms. The predicted molar refractivity (Wildman–Crippen MR) is 97.5 cm³/mol. The number of aliphatic hydroxyl groups is 1. The van der Waals surface area contributed by atoms with E-state index >= 15 is 0 Å². The Morgan fingerprint density at radius 1 is 1.14 bits per heavy atom. The van der Waals surface area contributed by atoms with Gasteiger partial charge in [-0.05, 0) is 52.4 Å². The maximum atomic E-state index is 9.35. The summed E-state index contributed by atoms with van der Waals surface area (Å²) in [5.41, 5.74) is 0. The van der Waals surface area contributed by atoms with E-state index in [0.717, 1.165) is 18.7 Å². The number of para-hydroxylation sites is 1. The van der Waals surface area contributed by atoms with E-state index in [4.69, 9.17) is 4.74 Å². The van der Waals surface area contributed by atoms with Crippen LogP contribution in [0, 0.1) is 5.92 Å². The van der Waals surface area contributed by atoms with Gasteiger partial charge in [0, 0.05) is 6.54 Å². The van der Waals surface area contributed by atoms with E-state index in [-0.39, 0.29) is 6.10 Å². The number of hydrogen-bond donors (Lipinski definition) is 1. The molecular formula is C19H35NO2. The summed E-state index contributed by atoms with van der Waals surface area (Å²) < 4.78 is 4.91. The van der Waals surface area contributed by atoms with Crippen molar-refractivity contribution in [2.45, 2.75) is 40.2 Å². The first kappa shape index (κ1) is 23.0. The Bertz CT molecular complexity index is 346. The van der Waals surface area contributed by atoms with Gasteiger partial charge in [-0.3, -0.25) is 0 Å². The summed E-state index contributed by atoms with van der Waals surface area (Å²) in [4.78, 5) is 2.10. The molecule has 0 aliphatic rings. The zero-order valence-electron chi connectivity index (χ0n) is 15.4. The predicted octanol–water partition coefficient (Wildman–Crippen LogP) is 4.23. The molecule has 0 aliphatic carbocycles. The molecule has 3 nitrogen and oxygen atoms in total. The molecule has 1 N–H and O–H groups in total. The second kappa shape index (κ2) is 16.1. The lowest BCUT2D eigenvalue weighted by Gasteiger charge is -2.20. The smallest absolute Gasteiger partial charge is 0.118 e. The molecule has 1 aromatic rings. The lowest BCUT2D eigenvalue weighted by molar-refractivity contribution is 0.0964. The highest BCUT2D eigenvalue weighted by Gasteiger charge is 2.11. The molecule has 0 radical (unpaired) electrons. The van der Waals surface area contributed by atoms with Crippen LogP contribution in [-0.4, -0.2) is 43.9 Å². The Balaban J connectivity index is 0. The van der Waals surface area contributed by atoms with Gasteiger partial charge < -0.3 is 14.7 Å². The molecule has 3 heteroatoms. The van der Waals surface area contributed by atoms with Crippen LogP contribution in [0.25, 0.3) is 0 Å². The summed E-state index contributed by atoms with van der Waals surface area (Å²) >= 11 is 0. The van der Waals surface area contributed by atoms with Crippen molar-refractivity contribution in [3.05, 3.63) is 42.5 Å². The molecule has 1 aromatic carbocycles. The van der Waals surface area contributed by atoms with E-state index < -0.39 is 0 Å². The van der Waals surface area contributed by atoms with Crippen LogP contribution in [0.2, 0.25) is 0 Å². The van der Waals surface area contributed by atoms with Gasteiger partial charge in [-0.25, -0.2) is 0 Å². The van der Waals surface area contributed by atoms with Crippen LogP contribution in [-0.2, 0) is 0 Å². The topological polar surface area (TPSA) is 32.7 Å². The Morgan fingerprint density at radius 2 is 1.64 bits per heavy atom. The fraction of sp³-hybridized carbons (Fsp3) is 0.579.